The SMILES string of the molecule is O=C1CC[C@]2(C(=O)OCCOc3cccc(Cl)c3)Sc3ccccc3N12. The first-order valence-electron chi connectivity index (χ1n) is 8.27. The Morgan fingerprint density at radius 1 is 1.19 bits per heavy atom. The van der Waals surface area contributed by atoms with E-state index >= 15 is 0 Å². The van der Waals surface area contributed by atoms with E-state index in [9.17, 15) is 9.59 Å². The van der Waals surface area contributed by atoms with Crippen molar-refractivity contribution in [3.05, 3.63) is 53.6 Å². The molecule has 0 aromatic heterocycles. The van der Waals surface area contributed by atoms with Gasteiger partial charge in [0.1, 0.15) is 19.0 Å². The second-order valence-corrected chi connectivity index (χ2v) is 7.78. The highest BCUT2D eigenvalue weighted by molar-refractivity contribution is 8.02. The minimum absolute atomic E-state index is 0.0467. The van der Waals surface area contributed by atoms with Crippen molar-refractivity contribution in [3.63, 3.8) is 0 Å². The van der Waals surface area contributed by atoms with Crippen LogP contribution in [0.25, 0.3) is 0 Å². The molecule has 0 unspecified atom stereocenters. The average molecular weight is 390 g/mol. The summed E-state index contributed by atoms with van der Waals surface area (Å²) in [4.78, 5) is 26.7. The predicted molar refractivity (Wildman–Crippen MR) is 99.7 cm³/mol. The molecule has 2 aromatic rings. The fourth-order valence-corrected chi connectivity index (χ4v) is 4.83. The zero-order valence-corrected chi connectivity index (χ0v) is 15.4. The Bertz CT molecular complexity index is 874. The number of carbonyl (C=O) groups is 2. The van der Waals surface area contributed by atoms with Gasteiger partial charge in [-0.1, -0.05) is 41.6 Å². The van der Waals surface area contributed by atoms with Crippen molar-refractivity contribution >= 4 is 40.9 Å². The second-order valence-electron chi connectivity index (χ2n) is 6.03. The normalized spacial score (nSPS) is 20.7. The standard InChI is InChI=1S/C19H16ClNO4S/c20-13-4-3-5-14(12-13)24-10-11-25-18(23)19-9-8-17(22)21(19)15-6-1-2-7-16(15)26-19/h1-7,12H,8-11H2/t19-/m1/s1. The maximum absolute atomic E-state index is 12.8. The summed E-state index contributed by atoms with van der Waals surface area (Å²) in [6.07, 6.45) is 0.786. The highest BCUT2D eigenvalue weighted by Crippen LogP contribution is 2.56. The molecule has 0 aliphatic carbocycles. The molecule has 5 nitrogen and oxygen atoms in total. The third kappa shape index (κ3) is 2.93. The highest BCUT2D eigenvalue weighted by Gasteiger charge is 2.58. The highest BCUT2D eigenvalue weighted by atomic mass is 35.5. The van der Waals surface area contributed by atoms with E-state index in [-0.39, 0.29) is 19.1 Å². The van der Waals surface area contributed by atoms with Gasteiger partial charge in [0, 0.05) is 22.8 Å². The van der Waals surface area contributed by atoms with E-state index in [1.807, 2.05) is 24.3 Å². The molecule has 26 heavy (non-hydrogen) atoms. The largest absolute Gasteiger partial charge is 0.490 e. The van der Waals surface area contributed by atoms with Gasteiger partial charge in [-0.05, 0) is 30.3 Å². The summed E-state index contributed by atoms with van der Waals surface area (Å²) in [6, 6.07) is 14.6. The fourth-order valence-electron chi connectivity index (χ4n) is 3.24. The number of halogens is 1. The Morgan fingerprint density at radius 2 is 2.04 bits per heavy atom. The number of benzene rings is 2. The number of nitrogens with zero attached hydrogens (tertiary/aromatic N) is 1. The molecule has 2 aliphatic heterocycles. The zero-order valence-electron chi connectivity index (χ0n) is 13.8. The van der Waals surface area contributed by atoms with Gasteiger partial charge in [0.15, 0.2) is 4.87 Å². The van der Waals surface area contributed by atoms with Crippen LogP contribution in [0.3, 0.4) is 0 Å². The number of rotatable bonds is 5. The number of anilines is 1. The van der Waals surface area contributed by atoms with Crippen LogP contribution in [0.2, 0.25) is 5.02 Å². The van der Waals surface area contributed by atoms with Crippen LogP contribution in [0.5, 0.6) is 5.75 Å². The number of hydrogen-bond acceptors (Lipinski definition) is 5. The van der Waals surface area contributed by atoms with Crippen molar-refractivity contribution in [3.8, 4) is 5.75 Å². The lowest BCUT2D eigenvalue weighted by molar-refractivity contribution is -0.147. The molecule has 0 spiro atoms. The summed E-state index contributed by atoms with van der Waals surface area (Å²) < 4.78 is 11.0. The van der Waals surface area contributed by atoms with Gasteiger partial charge in [-0.25, -0.2) is 4.79 Å². The number of amides is 1. The number of fused-ring (bicyclic) bond motifs is 3. The van der Waals surface area contributed by atoms with Crippen LogP contribution in [-0.2, 0) is 14.3 Å². The van der Waals surface area contributed by atoms with E-state index < -0.39 is 10.8 Å². The number of ether oxygens (including phenoxy) is 2. The Balaban J connectivity index is 1.41. The lowest BCUT2D eigenvalue weighted by Gasteiger charge is -2.28. The fraction of sp³-hybridized carbons (Fsp3) is 0.263. The van der Waals surface area contributed by atoms with Crippen molar-refractivity contribution in [1.29, 1.82) is 0 Å². The topological polar surface area (TPSA) is 55.8 Å². The number of hydrogen-bond donors (Lipinski definition) is 0. The monoisotopic (exact) mass is 389 g/mol. The van der Waals surface area contributed by atoms with Gasteiger partial charge >= 0.3 is 5.97 Å². The molecule has 4 rings (SSSR count). The minimum Gasteiger partial charge on any atom is -0.490 e. The molecule has 1 amide bonds. The molecule has 2 aliphatic rings. The van der Waals surface area contributed by atoms with E-state index in [4.69, 9.17) is 21.1 Å². The van der Waals surface area contributed by atoms with Crippen LogP contribution < -0.4 is 9.64 Å². The molecule has 0 bridgehead atoms. The van der Waals surface area contributed by atoms with Crippen LogP contribution in [0.1, 0.15) is 12.8 Å². The van der Waals surface area contributed by atoms with Crippen LogP contribution in [0.4, 0.5) is 5.69 Å². The first-order chi connectivity index (χ1) is 12.6. The Hall–Kier alpha value is -2.18. The van der Waals surface area contributed by atoms with Crippen molar-refractivity contribution in [2.45, 2.75) is 22.6 Å². The van der Waals surface area contributed by atoms with E-state index in [1.54, 1.807) is 29.2 Å². The van der Waals surface area contributed by atoms with Crippen molar-refractivity contribution in [2.75, 3.05) is 18.1 Å². The molecule has 0 saturated carbocycles. The number of thioether (sulfide) groups is 1. The minimum atomic E-state index is -0.989. The second kappa shape index (κ2) is 6.85. The van der Waals surface area contributed by atoms with Gasteiger partial charge in [0.25, 0.3) is 0 Å². The predicted octanol–water partition coefficient (Wildman–Crippen LogP) is 3.89. The molecular weight excluding hydrogens is 374 g/mol. The molecular formula is C19H16ClNO4S. The molecule has 2 heterocycles. The maximum atomic E-state index is 12.8. The van der Waals surface area contributed by atoms with E-state index in [2.05, 4.69) is 0 Å². The number of esters is 1. The quantitative estimate of drug-likeness (QED) is 0.573. The summed E-state index contributed by atoms with van der Waals surface area (Å²) >= 11 is 7.30. The number of carbonyl (C=O) groups excluding carboxylic acids is 2. The molecule has 1 fully saturated rings. The molecule has 1 saturated heterocycles. The third-order valence-corrected chi connectivity index (χ3v) is 6.06. The Morgan fingerprint density at radius 3 is 2.88 bits per heavy atom. The van der Waals surface area contributed by atoms with E-state index in [0.717, 1.165) is 10.6 Å². The summed E-state index contributed by atoms with van der Waals surface area (Å²) in [6.45, 7) is 0.319. The molecule has 7 heteroatoms. The van der Waals surface area contributed by atoms with Gasteiger partial charge in [0.2, 0.25) is 5.91 Å². The summed E-state index contributed by atoms with van der Waals surface area (Å²) in [7, 11) is 0. The zero-order chi connectivity index (χ0) is 18.1. The van der Waals surface area contributed by atoms with Crippen molar-refractivity contribution < 1.29 is 19.1 Å². The Kier molecular flexibility index (Phi) is 4.54. The lowest BCUT2D eigenvalue weighted by Crippen LogP contribution is -2.48. The smallest absolute Gasteiger partial charge is 0.343 e. The molecule has 0 N–H and O–H groups in total. The average Bonchev–Trinajstić information content (AvgIpc) is 3.15. The van der Waals surface area contributed by atoms with Gasteiger partial charge in [0.05, 0.1) is 5.69 Å². The van der Waals surface area contributed by atoms with Gasteiger partial charge in [-0.2, -0.15) is 0 Å². The lowest BCUT2D eigenvalue weighted by atomic mass is 10.2. The van der Waals surface area contributed by atoms with Crippen LogP contribution >= 0.6 is 23.4 Å². The number of para-hydroxylation sites is 1. The van der Waals surface area contributed by atoms with Gasteiger partial charge in [-0.15, -0.1) is 0 Å². The summed E-state index contributed by atoms with van der Waals surface area (Å²) in [5.41, 5.74) is 0.784. The van der Waals surface area contributed by atoms with Gasteiger partial charge in [-0.3, -0.25) is 9.69 Å². The van der Waals surface area contributed by atoms with Crippen LogP contribution in [-0.4, -0.2) is 30.0 Å². The summed E-state index contributed by atoms with van der Waals surface area (Å²) in [5.74, 6) is 0.167. The molecule has 0 radical (unpaired) electrons. The van der Waals surface area contributed by atoms with E-state index in [0.29, 0.717) is 23.6 Å². The molecule has 2 aromatic carbocycles. The molecule has 1 atom stereocenters. The molecule has 134 valence electrons. The van der Waals surface area contributed by atoms with E-state index in [1.165, 1.54) is 11.8 Å². The van der Waals surface area contributed by atoms with Crippen molar-refractivity contribution in [1.82, 2.24) is 0 Å². The maximum Gasteiger partial charge on any atom is 0.343 e. The third-order valence-electron chi connectivity index (χ3n) is 4.37. The van der Waals surface area contributed by atoms with Gasteiger partial charge < -0.3 is 9.47 Å². The van der Waals surface area contributed by atoms with Crippen LogP contribution in [0, 0.1) is 0 Å². The first kappa shape index (κ1) is 17.2. The Labute approximate surface area is 160 Å². The van der Waals surface area contributed by atoms with Crippen LogP contribution in [0.15, 0.2) is 53.4 Å². The summed E-state index contributed by atoms with van der Waals surface area (Å²) in [5, 5.41) is 0.582. The first-order valence-corrected chi connectivity index (χ1v) is 9.46. The van der Waals surface area contributed by atoms with Crippen molar-refractivity contribution in [2.24, 2.45) is 0 Å².